The molecule has 1 heterocycles. The first-order valence-electron chi connectivity index (χ1n) is 5.61. The van der Waals surface area contributed by atoms with Crippen molar-refractivity contribution >= 4 is 5.97 Å². The fourth-order valence-corrected chi connectivity index (χ4v) is 1.54. The summed E-state index contributed by atoms with van der Waals surface area (Å²) in [6, 6.07) is 8.48. The smallest absolute Gasteiger partial charge is 0.354 e. The minimum absolute atomic E-state index is 0.00521. The third-order valence-corrected chi connectivity index (χ3v) is 2.54. The van der Waals surface area contributed by atoms with Crippen LogP contribution in [0.4, 0.5) is 4.39 Å². The van der Waals surface area contributed by atoms with E-state index in [2.05, 4.69) is 4.98 Å². The molecule has 1 aromatic heterocycles. The van der Waals surface area contributed by atoms with Gasteiger partial charge in [-0.1, -0.05) is 0 Å². The van der Waals surface area contributed by atoms with Gasteiger partial charge >= 0.3 is 5.97 Å². The Morgan fingerprint density at radius 3 is 2.80 bits per heavy atom. The number of carboxylic acid groups (broad SMARTS) is 1. The van der Waals surface area contributed by atoms with Gasteiger partial charge in [0.05, 0.1) is 17.8 Å². The van der Waals surface area contributed by atoms with Crippen molar-refractivity contribution in [3.05, 3.63) is 59.2 Å². The number of aromatic carboxylic acids is 1. The predicted molar refractivity (Wildman–Crippen MR) is 66.6 cm³/mol. The van der Waals surface area contributed by atoms with E-state index in [9.17, 15) is 9.18 Å². The Labute approximate surface area is 113 Å². The number of hydrogen-bond donors (Lipinski definition) is 1. The molecule has 0 unspecified atom stereocenters. The van der Waals surface area contributed by atoms with E-state index in [4.69, 9.17) is 15.1 Å². The SMILES string of the molecule is N#Cc1ccc(F)cc1COc1ccc(C(=O)O)nc1. The minimum Gasteiger partial charge on any atom is -0.487 e. The van der Waals surface area contributed by atoms with Crippen LogP contribution in [0.5, 0.6) is 5.75 Å². The second-order valence-electron chi connectivity index (χ2n) is 3.89. The molecule has 0 spiro atoms. The van der Waals surface area contributed by atoms with Crippen LogP contribution in [-0.4, -0.2) is 16.1 Å². The summed E-state index contributed by atoms with van der Waals surface area (Å²) in [4.78, 5) is 14.3. The zero-order valence-corrected chi connectivity index (χ0v) is 10.2. The average molecular weight is 272 g/mol. The van der Waals surface area contributed by atoms with Crippen molar-refractivity contribution in [3.8, 4) is 11.8 Å². The minimum atomic E-state index is -1.13. The number of ether oxygens (including phenoxy) is 1. The maximum Gasteiger partial charge on any atom is 0.354 e. The number of halogens is 1. The Balaban J connectivity index is 2.11. The summed E-state index contributed by atoms with van der Waals surface area (Å²) in [5.41, 5.74) is 0.636. The lowest BCUT2D eigenvalue weighted by Gasteiger charge is -2.07. The number of hydrogen-bond acceptors (Lipinski definition) is 4. The summed E-state index contributed by atoms with van der Waals surface area (Å²) in [7, 11) is 0. The maximum absolute atomic E-state index is 13.1. The van der Waals surface area contributed by atoms with Crippen molar-refractivity contribution in [2.45, 2.75) is 6.61 Å². The third-order valence-electron chi connectivity index (χ3n) is 2.54. The first-order chi connectivity index (χ1) is 9.60. The molecule has 20 heavy (non-hydrogen) atoms. The normalized spacial score (nSPS) is 9.80. The Kier molecular flexibility index (Phi) is 3.91. The standard InChI is InChI=1S/C14H9FN2O3/c15-11-2-1-9(6-16)10(5-11)8-20-12-3-4-13(14(18)19)17-7-12/h1-5,7H,8H2,(H,18,19). The number of carboxylic acids is 1. The zero-order valence-electron chi connectivity index (χ0n) is 10.2. The number of carbonyl (C=O) groups is 1. The number of pyridine rings is 1. The van der Waals surface area contributed by atoms with Crippen molar-refractivity contribution in [3.63, 3.8) is 0 Å². The number of rotatable bonds is 4. The molecule has 0 bridgehead atoms. The van der Waals surface area contributed by atoms with Crippen LogP contribution in [0.2, 0.25) is 0 Å². The summed E-state index contributed by atoms with van der Waals surface area (Å²) in [5, 5.41) is 17.6. The van der Waals surface area contributed by atoms with Crippen LogP contribution in [-0.2, 0) is 6.61 Å². The van der Waals surface area contributed by atoms with Crippen molar-refractivity contribution < 1.29 is 19.0 Å². The van der Waals surface area contributed by atoms with Gasteiger partial charge in [0.1, 0.15) is 23.9 Å². The van der Waals surface area contributed by atoms with Crippen molar-refractivity contribution in [2.75, 3.05) is 0 Å². The van der Waals surface area contributed by atoms with Crippen LogP contribution >= 0.6 is 0 Å². The monoisotopic (exact) mass is 272 g/mol. The van der Waals surface area contributed by atoms with Gasteiger partial charge in [-0.3, -0.25) is 0 Å². The number of nitriles is 1. The molecule has 5 nitrogen and oxygen atoms in total. The predicted octanol–water partition coefficient (Wildman–Crippen LogP) is 2.37. The molecule has 2 aromatic rings. The van der Waals surface area contributed by atoms with Crippen LogP contribution in [0, 0.1) is 17.1 Å². The van der Waals surface area contributed by atoms with E-state index in [1.165, 1.54) is 36.5 Å². The van der Waals surface area contributed by atoms with Crippen LogP contribution < -0.4 is 4.74 Å². The second-order valence-corrected chi connectivity index (χ2v) is 3.89. The van der Waals surface area contributed by atoms with E-state index in [1.54, 1.807) is 0 Å². The number of benzene rings is 1. The van der Waals surface area contributed by atoms with E-state index in [1.807, 2.05) is 6.07 Å². The van der Waals surface area contributed by atoms with Gasteiger partial charge < -0.3 is 9.84 Å². The highest BCUT2D eigenvalue weighted by atomic mass is 19.1. The molecule has 2 rings (SSSR count). The summed E-state index contributed by atoms with van der Waals surface area (Å²) in [5.74, 6) is -1.25. The highest BCUT2D eigenvalue weighted by molar-refractivity contribution is 5.85. The molecule has 0 amide bonds. The molecule has 0 atom stereocenters. The molecule has 1 N–H and O–H groups in total. The lowest BCUT2D eigenvalue weighted by atomic mass is 10.1. The van der Waals surface area contributed by atoms with Gasteiger partial charge in [-0.25, -0.2) is 14.2 Å². The van der Waals surface area contributed by atoms with Gasteiger partial charge in [-0.2, -0.15) is 5.26 Å². The third kappa shape index (κ3) is 3.09. The molecule has 0 fully saturated rings. The van der Waals surface area contributed by atoms with E-state index in [0.29, 0.717) is 16.9 Å². The maximum atomic E-state index is 13.1. The topological polar surface area (TPSA) is 83.2 Å². The summed E-state index contributed by atoms with van der Waals surface area (Å²) >= 11 is 0. The van der Waals surface area contributed by atoms with Gasteiger partial charge in [0, 0.05) is 5.56 Å². The molecular weight excluding hydrogens is 263 g/mol. The summed E-state index contributed by atoms with van der Waals surface area (Å²) in [6.45, 7) is -0.00521. The molecule has 100 valence electrons. The van der Waals surface area contributed by atoms with Gasteiger partial charge in [-0.15, -0.1) is 0 Å². The van der Waals surface area contributed by atoms with Crippen molar-refractivity contribution in [2.24, 2.45) is 0 Å². The first-order valence-corrected chi connectivity index (χ1v) is 5.61. The molecule has 6 heteroatoms. The molecule has 0 saturated heterocycles. The Hall–Kier alpha value is -2.94. The summed E-state index contributed by atoms with van der Waals surface area (Å²) in [6.07, 6.45) is 1.26. The van der Waals surface area contributed by atoms with Crippen molar-refractivity contribution in [1.82, 2.24) is 4.98 Å². The van der Waals surface area contributed by atoms with Crippen LogP contribution in [0.1, 0.15) is 21.6 Å². The average Bonchev–Trinajstić information content (AvgIpc) is 2.45. The highest BCUT2D eigenvalue weighted by Gasteiger charge is 2.07. The van der Waals surface area contributed by atoms with Crippen LogP contribution in [0.25, 0.3) is 0 Å². The fraction of sp³-hybridized carbons (Fsp3) is 0.0714. The van der Waals surface area contributed by atoms with Crippen molar-refractivity contribution in [1.29, 1.82) is 5.26 Å². The van der Waals surface area contributed by atoms with Gasteiger partial charge in [-0.05, 0) is 30.3 Å². The molecular formula is C14H9FN2O3. The van der Waals surface area contributed by atoms with Gasteiger partial charge in [0.15, 0.2) is 0 Å². The first kappa shape index (κ1) is 13.5. The number of nitrogens with zero attached hydrogens (tertiary/aromatic N) is 2. The second kappa shape index (κ2) is 5.80. The lowest BCUT2D eigenvalue weighted by molar-refractivity contribution is 0.0690. The Morgan fingerprint density at radius 2 is 2.20 bits per heavy atom. The fourth-order valence-electron chi connectivity index (χ4n) is 1.54. The molecule has 0 aliphatic heterocycles. The van der Waals surface area contributed by atoms with E-state index in [-0.39, 0.29) is 12.3 Å². The highest BCUT2D eigenvalue weighted by Crippen LogP contribution is 2.15. The molecule has 0 saturated carbocycles. The Bertz CT molecular complexity index is 678. The van der Waals surface area contributed by atoms with E-state index >= 15 is 0 Å². The van der Waals surface area contributed by atoms with Gasteiger partial charge in [0.2, 0.25) is 0 Å². The van der Waals surface area contributed by atoms with Crippen LogP contribution in [0.3, 0.4) is 0 Å². The number of aromatic nitrogens is 1. The molecule has 0 radical (unpaired) electrons. The van der Waals surface area contributed by atoms with Gasteiger partial charge in [0.25, 0.3) is 0 Å². The molecule has 1 aromatic carbocycles. The summed E-state index contributed by atoms with van der Waals surface area (Å²) < 4.78 is 18.5. The van der Waals surface area contributed by atoms with E-state index < -0.39 is 11.8 Å². The molecule has 0 aliphatic rings. The quantitative estimate of drug-likeness (QED) is 0.923. The lowest BCUT2D eigenvalue weighted by Crippen LogP contribution is -2.02. The van der Waals surface area contributed by atoms with E-state index in [0.717, 1.165) is 0 Å². The Morgan fingerprint density at radius 1 is 1.40 bits per heavy atom. The largest absolute Gasteiger partial charge is 0.487 e. The molecule has 0 aliphatic carbocycles. The zero-order chi connectivity index (χ0) is 14.5. The van der Waals surface area contributed by atoms with Crippen LogP contribution in [0.15, 0.2) is 36.5 Å².